The van der Waals surface area contributed by atoms with Crippen molar-refractivity contribution in [2.45, 2.75) is 20.0 Å². The predicted molar refractivity (Wildman–Crippen MR) is 70.7 cm³/mol. The van der Waals surface area contributed by atoms with Crippen molar-refractivity contribution < 1.29 is 9.47 Å². The Balaban J connectivity index is 2.66. The molecule has 0 aliphatic heterocycles. The van der Waals surface area contributed by atoms with Crippen LogP contribution in [0, 0.1) is 0 Å². The van der Waals surface area contributed by atoms with Gasteiger partial charge in [0.05, 0.1) is 6.10 Å². The number of benzene rings is 1. The Morgan fingerprint density at radius 3 is 2.47 bits per heavy atom. The minimum atomic E-state index is 0.106. The average Bonchev–Trinajstić information content (AvgIpc) is 2.22. The molecule has 0 fully saturated rings. The first-order valence-corrected chi connectivity index (χ1v) is 5.83. The molecule has 0 bridgehead atoms. The van der Waals surface area contributed by atoms with E-state index in [1.807, 2.05) is 46.1 Å². The maximum atomic E-state index is 5.98. The lowest BCUT2D eigenvalue weighted by Gasteiger charge is -2.16. The maximum Gasteiger partial charge on any atom is 0.146 e. The Bertz CT molecular complexity index is 351. The molecule has 0 radical (unpaired) electrons. The van der Waals surface area contributed by atoms with Crippen molar-refractivity contribution >= 4 is 5.69 Å². The molecule has 0 aliphatic rings. The van der Waals surface area contributed by atoms with E-state index in [1.54, 1.807) is 0 Å². The summed E-state index contributed by atoms with van der Waals surface area (Å²) >= 11 is 0. The summed E-state index contributed by atoms with van der Waals surface area (Å²) in [6.45, 7) is 5.41. The van der Waals surface area contributed by atoms with Crippen LogP contribution in [-0.2, 0) is 0 Å². The molecule has 4 heteroatoms. The molecule has 96 valence electrons. The van der Waals surface area contributed by atoms with Gasteiger partial charge in [-0.3, -0.25) is 0 Å². The van der Waals surface area contributed by atoms with Crippen LogP contribution in [0.25, 0.3) is 0 Å². The molecule has 4 nitrogen and oxygen atoms in total. The van der Waals surface area contributed by atoms with Crippen LogP contribution in [0.15, 0.2) is 18.2 Å². The zero-order valence-electron chi connectivity index (χ0n) is 11.1. The van der Waals surface area contributed by atoms with Gasteiger partial charge in [0.1, 0.15) is 23.8 Å². The summed E-state index contributed by atoms with van der Waals surface area (Å²) in [6.07, 6.45) is 0.106. The van der Waals surface area contributed by atoms with Crippen molar-refractivity contribution in [1.29, 1.82) is 0 Å². The Kier molecular flexibility index (Phi) is 5.10. The molecule has 0 spiro atoms. The van der Waals surface area contributed by atoms with Crippen LogP contribution in [0.3, 0.4) is 0 Å². The first-order chi connectivity index (χ1) is 8.00. The van der Waals surface area contributed by atoms with Gasteiger partial charge in [0.2, 0.25) is 0 Å². The van der Waals surface area contributed by atoms with Crippen LogP contribution in [0.1, 0.15) is 13.8 Å². The second kappa shape index (κ2) is 6.35. The van der Waals surface area contributed by atoms with Gasteiger partial charge in [-0.15, -0.1) is 0 Å². The van der Waals surface area contributed by atoms with Gasteiger partial charge < -0.3 is 20.1 Å². The van der Waals surface area contributed by atoms with Gasteiger partial charge in [0.15, 0.2) is 0 Å². The summed E-state index contributed by atoms with van der Waals surface area (Å²) in [7, 11) is 4.01. The molecule has 0 unspecified atom stereocenters. The minimum Gasteiger partial charge on any atom is -0.490 e. The Hall–Kier alpha value is -1.42. The highest BCUT2D eigenvalue weighted by Gasteiger charge is 2.08. The van der Waals surface area contributed by atoms with E-state index in [-0.39, 0.29) is 6.10 Å². The van der Waals surface area contributed by atoms with Crippen molar-refractivity contribution in [2.75, 3.05) is 33.0 Å². The van der Waals surface area contributed by atoms with Crippen LogP contribution in [0.2, 0.25) is 0 Å². The fraction of sp³-hybridized carbons (Fsp3) is 0.538. The van der Waals surface area contributed by atoms with Crippen molar-refractivity contribution in [3.63, 3.8) is 0 Å². The summed E-state index contributed by atoms with van der Waals surface area (Å²) in [6, 6.07) is 5.60. The lowest BCUT2D eigenvalue weighted by Crippen LogP contribution is -2.19. The minimum absolute atomic E-state index is 0.106. The predicted octanol–water partition coefficient (Wildman–Crippen LogP) is 2.00. The fourth-order valence-electron chi connectivity index (χ4n) is 1.34. The first kappa shape index (κ1) is 13.6. The molecule has 0 heterocycles. The summed E-state index contributed by atoms with van der Waals surface area (Å²) in [5.74, 6) is 1.37. The fourth-order valence-corrected chi connectivity index (χ4v) is 1.34. The number of nitrogens with two attached hydrogens (primary N) is 1. The van der Waals surface area contributed by atoms with E-state index in [9.17, 15) is 0 Å². The van der Waals surface area contributed by atoms with Crippen LogP contribution >= 0.6 is 0 Å². The second-order valence-corrected chi connectivity index (χ2v) is 4.49. The number of para-hydroxylation sites is 1. The van der Waals surface area contributed by atoms with E-state index >= 15 is 0 Å². The zero-order chi connectivity index (χ0) is 12.8. The van der Waals surface area contributed by atoms with Crippen molar-refractivity contribution in [3.05, 3.63) is 18.2 Å². The lowest BCUT2D eigenvalue weighted by atomic mass is 10.2. The molecule has 0 saturated heterocycles. The molecule has 2 N–H and O–H groups in total. The average molecular weight is 238 g/mol. The summed E-state index contributed by atoms with van der Waals surface area (Å²) in [5.41, 5.74) is 6.55. The van der Waals surface area contributed by atoms with E-state index in [2.05, 4.69) is 4.90 Å². The van der Waals surface area contributed by atoms with Crippen molar-refractivity contribution in [3.8, 4) is 11.5 Å². The van der Waals surface area contributed by atoms with Gasteiger partial charge in [0, 0.05) is 6.54 Å². The monoisotopic (exact) mass is 238 g/mol. The lowest BCUT2D eigenvalue weighted by molar-refractivity contribution is 0.239. The number of hydrogen-bond acceptors (Lipinski definition) is 4. The van der Waals surface area contributed by atoms with E-state index < -0.39 is 0 Å². The van der Waals surface area contributed by atoms with Gasteiger partial charge in [0.25, 0.3) is 0 Å². The third kappa shape index (κ3) is 4.53. The van der Waals surface area contributed by atoms with Gasteiger partial charge >= 0.3 is 0 Å². The van der Waals surface area contributed by atoms with E-state index in [0.717, 1.165) is 6.54 Å². The maximum absolute atomic E-state index is 5.98. The largest absolute Gasteiger partial charge is 0.490 e. The number of nitrogens with zero attached hydrogens (tertiary/aromatic N) is 1. The number of likely N-dealkylation sites (N-methyl/N-ethyl adjacent to an activating group) is 1. The van der Waals surface area contributed by atoms with Crippen LogP contribution in [0.4, 0.5) is 5.69 Å². The van der Waals surface area contributed by atoms with E-state index in [0.29, 0.717) is 23.8 Å². The smallest absolute Gasteiger partial charge is 0.146 e. The summed E-state index contributed by atoms with van der Waals surface area (Å²) in [4.78, 5) is 2.06. The van der Waals surface area contributed by atoms with Gasteiger partial charge in [-0.1, -0.05) is 6.07 Å². The molecule has 0 aliphatic carbocycles. The van der Waals surface area contributed by atoms with E-state index in [1.165, 1.54) is 0 Å². The number of anilines is 1. The third-order valence-electron chi connectivity index (χ3n) is 2.18. The molecule has 17 heavy (non-hydrogen) atoms. The summed E-state index contributed by atoms with van der Waals surface area (Å²) < 4.78 is 11.2. The zero-order valence-corrected chi connectivity index (χ0v) is 11.1. The number of ether oxygens (including phenoxy) is 2. The van der Waals surface area contributed by atoms with Crippen LogP contribution in [0.5, 0.6) is 11.5 Å². The molecule has 0 aromatic heterocycles. The Morgan fingerprint density at radius 2 is 1.88 bits per heavy atom. The highest BCUT2D eigenvalue weighted by atomic mass is 16.5. The third-order valence-corrected chi connectivity index (χ3v) is 2.18. The van der Waals surface area contributed by atoms with Gasteiger partial charge in [-0.05, 0) is 40.1 Å². The molecular formula is C13H22N2O2. The standard InChI is InChI=1S/C13H22N2O2/c1-10(2)17-12-7-5-6-11(13(12)14)16-9-8-15(3)4/h5-7,10H,8-9,14H2,1-4H3. The van der Waals surface area contributed by atoms with Crippen molar-refractivity contribution in [1.82, 2.24) is 4.90 Å². The molecule has 0 atom stereocenters. The second-order valence-electron chi connectivity index (χ2n) is 4.49. The molecule has 1 aromatic rings. The normalized spacial score (nSPS) is 10.9. The first-order valence-electron chi connectivity index (χ1n) is 5.83. The van der Waals surface area contributed by atoms with E-state index in [4.69, 9.17) is 15.2 Å². The Morgan fingerprint density at radius 1 is 1.24 bits per heavy atom. The van der Waals surface area contributed by atoms with Crippen LogP contribution in [-0.4, -0.2) is 38.3 Å². The van der Waals surface area contributed by atoms with Gasteiger partial charge in [-0.2, -0.15) is 0 Å². The molecule has 0 saturated carbocycles. The molecule has 0 amide bonds. The number of hydrogen-bond donors (Lipinski definition) is 1. The summed E-state index contributed by atoms with van der Waals surface area (Å²) in [5, 5.41) is 0. The van der Waals surface area contributed by atoms with Crippen molar-refractivity contribution in [2.24, 2.45) is 0 Å². The SMILES string of the molecule is CC(C)Oc1cccc(OCCN(C)C)c1N. The Labute approximate surface area is 103 Å². The van der Waals surface area contributed by atoms with Crippen LogP contribution < -0.4 is 15.2 Å². The molecule has 1 aromatic carbocycles. The highest BCUT2D eigenvalue weighted by Crippen LogP contribution is 2.31. The topological polar surface area (TPSA) is 47.7 Å². The van der Waals surface area contributed by atoms with Gasteiger partial charge in [-0.25, -0.2) is 0 Å². The highest BCUT2D eigenvalue weighted by molar-refractivity contribution is 5.62. The number of rotatable bonds is 6. The molecular weight excluding hydrogens is 216 g/mol. The number of nitrogen functional groups attached to an aromatic ring is 1. The molecule has 1 rings (SSSR count). The quantitative estimate of drug-likeness (QED) is 0.770.